The number of halogens is 1. The largest absolute Gasteiger partial charge is 0.364 e. The van der Waals surface area contributed by atoms with Gasteiger partial charge in [-0.15, -0.1) is 13.2 Å². The van der Waals surface area contributed by atoms with Gasteiger partial charge in [-0.1, -0.05) is 34.1 Å². The topological polar surface area (TPSA) is 15.3 Å². The molecule has 2 nitrogen and oxygen atoms in total. The molecule has 0 spiro atoms. The van der Waals surface area contributed by atoms with Crippen molar-refractivity contribution in [2.75, 3.05) is 25.0 Å². The first-order valence-electron chi connectivity index (χ1n) is 6.07. The van der Waals surface area contributed by atoms with Gasteiger partial charge in [0.05, 0.1) is 0 Å². The summed E-state index contributed by atoms with van der Waals surface area (Å²) in [5.41, 5.74) is 2.44. The number of anilines is 1. The SMILES string of the molecule is C=CCN(CC=C)c1ccc(C(C)NC)c(Br)c1. The van der Waals surface area contributed by atoms with Crippen molar-refractivity contribution in [3.05, 3.63) is 53.5 Å². The molecule has 1 N–H and O–H groups in total. The summed E-state index contributed by atoms with van der Waals surface area (Å²) >= 11 is 3.64. The van der Waals surface area contributed by atoms with Gasteiger partial charge >= 0.3 is 0 Å². The molecule has 18 heavy (non-hydrogen) atoms. The van der Waals surface area contributed by atoms with Gasteiger partial charge in [-0.2, -0.15) is 0 Å². The molecule has 0 heterocycles. The minimum atomic E-state index is 0.334. The summed E-state index contributed by atoms with van der Waals surface area (Å²) in [6.07, 6.45) is 3.81. The van der Waals surface area contributed by atoms with E-state index in [0.717, 1.165) is 17.6 Å². The first kappa shape index (κ1) is 15.0. The molecule has 0 saturated carbocycles. The third kappa shape index (κ3) is 3.72. The lowest BCUT2D eigenvalue weighted by molar-refractivity contribution is 0.649. The third-order valence-electron chi connectivity index (χ3n) is 2.95. The highest BCUT2D eigenvalue weighted by molar-refractivity contribution is 9.10. The van der Waals surface area contributed by atoms with Crippen LogP contribution in [0.4, 0.5) is 5.69 Å². The lowest BCUT2D eigenvalue weighted by Gasteiger charge is -2.23. The van der Waals surface area contributed by atoms with E-state index in [2.05, 4.69) is 64.4 Å². The van der Waals surface area contributed by atoms with Gasteiger partial charge in [0.1, 0.15) is 0 Å². The molecule has 1 unspecified atom stereocenters. The molecule has 1 atom stereocenters. The summed E-state index contributed by atoms with van der Waals surface area (Å²) in [7, 11) is 1.97. The van der Waals surface area contributed by atoms with E-state index in [0.29, 0.717) is 6.04 Å². The second kappa shape index (κ2) is 7.39. The van der Waals surface area contributed by atoms with Crippen molar-refractivity contribution in [2.24, 2.45) is 0 Å². The monoisotopic (exact) mass is 308 g/mol. The minimum Gasteiger partial charge on any atom is -0.364 e. The smallest absolute Gasteiger partial charge is 0.0383 e. The second-order valence-corrected chi connectivity index (χ2v) is 5.05. The average Bonchev–Trinajstić information content (AvgIpc) is 2.37. The van der Waals surface area contributed by atoms with E-state index >= 15 is 0 Å². The Kier molecular flexibility index (Phi) is 6.16. The molecule has 1 aromatic carbocycles. The molecule has 3 heteroatoms. The summed E-state index contributed by atoms with van der Waals surface area (Å²) in [4.78, 5) is 2.22. The zero-order valence-electron chi connectivity index (χ0n) is 11.1. The summed E-state index contributed by atoms with van der Waals surface area (Å²) in [6, 6.07) is 6.78. The highest BCUT2D eigenvalue weighted by Gasteiger charge is 2.10. The molecule has 0 saturated heterocycles. The van der Waals surface area contributed by atoms with Crippen molar-refractivity contribution in [1.29, 1.82) is 0 Å². The van der Waals surface area contributed by atoms with E-state index in [-0.39, 0.29) is 0 Å². The van der Waals surface area contributed by atoms with Gasteiger partial charge in [-0.25, -0.2) is 0 Å². The highest BCUT2D eigenvalue weighted by atomic mass is 79.9. The van der Waals surface area contributed by atoms with Crippen LogP contribution in [0.3, 0.4) is 0 Å². The summed E-state index contributed by atoms with van der Waals surface area (Å²) in [5, 5.41) is 3.25. The first-order chi connectivity index (χ1) is 8.63. The molecular formula is C15H21BrN2. The first-order valence-corrected chi connectivity index (χ1v) is 6.86. The number of hydrogen-bond donors (Lipinski definition) is 1. The second-order valence-electron chi connectivity index (χ2n) is 4.20. The van der Waals surface area contributed by atoms with Crippen LogP contribution < -0.4 is 10.2 Å². The quantitative estimate of drug-likeness (QED) is 0.768. The summed E-state index contributed by atoms with van der Waals surface area (Å²) < 4.78 is 1.12. The molecule has 1 aromatic rings. The van der Waals surface area contributed by atoms with Gasteiger partial charge < -0.3 is 10.2 Å². The van der Waals surface area contributed by atoms with Crippen LogP contribution in [0.15, 0.2) is 48.0 Å². The summed E-state index contributed by atoms with van der Waals surface area (Å²) in [5.74, 6) is 0. The standard InChI is InChI=1S/C15H21BrN2/c1-5-9-18(10-6-2)13-7-8-14(12(3)17-4)15(16)11-13/h5-8,11-12,17H,1-2,9-10H2,3-4H3. The zero-order chi connectivity index (χ0) is 13.5. The normalized spacial score (nSPS) is 11.9. The molecule has 0 aromatic heterocycles. The van der Waals surface area contributed by atoms with E-state index in [1.165, 1.54) is 11.3 Å². The molecule has 0 aliphatic heterocycles. The molecule has 0 amide bonds. The zero-order valence-corrected chi connectivity index (χ0v) is 12.7. The number of rotatable bonds is 7. The van der Waals surface area contributed by atoms with Crippen molar-refractivity contribution in [1.82, 2.24) is 5.32 Å². The van der Waals surface area contributed by atoms with Crippen molar-refractivity contribution < 1.29 is 0 Å². The lowest BCUT2D eigenvalue weighted by atomic mass is 10.1. The van der Waals surface area contributed by atoms with Crippen molar-refractivity contribution >= 4 is 21.6 Å². The Balaban J connectivity index is 3.00. The van der Waals surface area contributed by atoms with Crippen LogP contribution in [-0.2, 0) is 0 Å². The minimum absolute atomic E-state index is 0.334. The van der Waals surface area contributed by atoms with Gasteiger partial charge in [0.15, 0.2) is 0 Å². The van der Waals surface area contributed by atoms with Gasteiger partial charge in [-0.3, -0.25) is 0 Å². The van der Waals surface area contributed by atoms with Crippen LogP contribution in [-0.4, -0.2) is 20.1 Å². The van der Waals surface area contributed by atoms with Crippen molar-refractivity contribution in [2.45, 2.75) is 13.0 Å². The third-order valence-corrected chi connectivity index (χ3v) is 3.63. The number of hydrogen-bond acceptors (Lipinski definition) is 2. The Labute approximate surface area is 119 Å². The van der Waals surface area contributed by atoms with Crippen LogP contribution in [0.5, 0.6) is 0 Å². The molecule has 0 fully saturated rings. The maximum atomic E-state index is 3.79. The fraction of sp³-hybridized carbons (Fsp3) is 0.333. The van der Waals surface area contributed by atoms with Crippen LogP contribution in [0.1, 0.15) is 18.5 Å². The Morgan fingerprint density at radius 2 is 1.94 bits per heavy atom. The van der Waals surface area contributed by atoms with Crippen LogP contribution in [0, 0.1) is 0 Å². The predicted octanol–water partition coefficient (Wildman–Crippen LogP) is 3.91. The number of benzene rings is 1. The van der Waals surface area contributed by atoms with E-state index in [9.17, 15) is 0 Å². The Morgan fingerprint density at radius 1 is 1.33 bits per heavy atom. The van der Waals surface area contributed by atoms with Crippen molar-refractivity contribution in [3.63, 3.8) is 0 Å². The van der Waals surface area contributed by atoms with Gasteiger partial charge in [-0.05, 0) is 31.7 Å². The van der Waals surface area contributed by atoms with E-state index in [4.69, 9.17) is 0 Å². The lowest BCUT2D eigenvalue weighted by Crippen LogP contribution is -2.23. The summed E-state index contributed by atoms with van der Waals surface area (Å²) in [6.45, 7) is 11.4. The predicted molar refractivity (Wildman–Crippen MR) is 84.2 cm³/mol. The molecule has 0 aliphatic carbocycles. The molecular weight excluding hydrogens is 288 g/mol. The fourth-order valence-electron chi connectivity index (χ4n) is 1.82. The molecule has 1 rings (SSSR count). The highest BCUT2D eigenvalue weighted by Crippen LogP contribution is 2.28. The molecule has 0 radical (unpaired) electrons. The Bertz CT molecular complexity index is 405. The van der Waals surface area contributed by atoms with E-state index < -0.39 is 0 Å². The van der Waals surface area contributed by atoms with Gasteiger partial charge in [0, 0.05) is 29.3 Å². The fourth-order valence-corrected chi connectivity index (χ4v) is 2.53. The Hall–Kier alpha value is -1.06. The van der Waals surface area contributed by atoms with E-state index in [1.54, 1.807) is 0 Å². The number of nitrogens with one attached hydrogen (secondary N) is 1. The Morgan fingerprint density at radius 3 is 2.39 bits per heavy atom. The van der Waals surface area contributed by atoms with Gasteiger partial charge in [0.2, 0.25) is 0 Å². The van der Waals surface area contributed by atoms with Crippen LogP contribution >= 0.6 is 15.9 Å². The number of nitrogens with zero attached hydrogens (tertiary/aromatic N) is 1. The molecule has 98 valence electrons. The molecule has 0 aliphatic rings. The average molecular weight is 309 g/mol. The van der Waals surface area contributed by atoms with E-state index in [1.807, 2.05) is 19.2 Å². The van der Waals surface area contributed by atoms with Crippen molar-refractivity contribution in [3.8, 4) is 0 Å². The van der Waals surface area contributed by atoms with Crippen LogP contribution in [0.2, 0.25) is 0 Å². The van der Waals surface area contributed by atoms with Crippen LogP contribution in [0.25, 0.3) is 0 Å². The maximum Gasteiger partial charge on any atom is 0.0383 e. The molecule has 0 bridgehead atoms. The maximum absolute atomic E-state index is 3.79. The van der Waals surface area contributed by atoms with Gasteiger partial charge in [0.25, 0.3) is 0 Å².